The van der Waals surface area contributed by atoms with Gasteiger partial charge in [0.25, 0.3) is 0 Å². The molecular formula is C6H8F3NO. The van der Waals surface area contributed by atoms with E-state index >= 15 is 0 Å². The van der Waals surface area contributed by atoms with Crippen molar-refractivity contribution in [3.05, 3.63) is 12.3 Å². The van der Waals surface area contributed by atoms with Crippen LogP contribution in [0.25, 0.3) is 0 Å². The lowest BCUT2D eigenvalue weighted by Gasteiger charge is -2.06. The first kappa shape index (κ1) is 10.0. The Morgan fingerprint density at radius 1 is 1.55 bits per heavy atom. The van der Waals surface area contributed by atoms with Crippen molar-refractivity contribution in [1.29, 1.82) is 0 Å². The van der Waals surface area contributed by atoms with E-state index in [9.17, 15) is 18.0 Å². The number of rotatable bonds is 4. The zero-order valence-electron chi connectivity index (χ0n) is 5.74. The van der Waals surface area contributed by atoms with Gasteiger partial charge < -0.3 is 5.32 Å². The van der Waals surface area contributed by atoms with Gasteiger partial charge in [-0.05, 0) is 6.42 Å². The molecule has 0 aromatic rings. The smallest absolute Gasteiger partial charge is 0.333 e. The molecule has 1 amide bonds. The van der Waals surface area contributed by atoms with Gasteiger partial charge in [0.1, 0.15) is 0 Å². The van der Waals surface area contributed by atoms with Crippen LogP contribution in [0.4, 0.5) is 13.2 Å². The Bertz CT molecular complexity index is 152. The number of nitrogens with one attached hydrogen (secondary N) is 1. The van der Waals surface area contributed by atoms with Crippen molar-refractivity contribution in [2.75, 3.05) is 0 Å². The Morgan fingerprint density at radius 3 is 2.45 bits per heavy atom. The zero-order chi connectivity index (χ0) is 8.91. The standard InChI is InChI=1S/C6H8F3NO/c1-5(10-4-11)2-3-6(7,8)9/h4H,1-3H2,(H,10,11). The number of alkyl halides is 3. The summed E-state index contributed by atoms with van der Waals surface area (Å²) in [4.78, 5) is 9.69. The van der Waals surface area contributed by atoms with Crippen LogP contribution in [0.3, 0.4) is 0 Å². The van der Waals surface area contributed by atoms with E-state index in [0.717, 1.165) is 0 Å². The van der Waals surface area contributed by atoms with Gasteiger partial charge in [0.15, 0.2) is 0 Å². The van der Waals surface area contributed by atoms with Crippen molar-refractivity contribution >= 4 is 6.41 Å². The SMILES string of the molecule is C=C(CCC(F)(F)F)NC=O. The van der Waals surface area contributed by atoms with Gasteiger partial charge in [0.05, 0.1) is 0 Å². The van der Waals surface area contributed by atoms with Gasteiger partial charge in [-0.25, -0.2) is 0 Å². The molecule has 0 aromatic carbocycles. The second-order valence-electron chi connectivity index (χ2n) is 1.98. The molecule has 0 saturated carbocycles. The Kier molecular flexibility index (Phi) is 3.64. The summed E-state index contributed by atoms with van der Waals surface area (Å²) in [6.45, 7) is 3.21. The van der Waals surface area contributed by atoms with Crippen LogP contribution in [-0.4, -0.2) is 12.6 Å². The molecule has 0 rings (SSSR count). The molecule has 0 saturated heterocycles. The summed E-state index contributed by atoms with van der Waals surface area (Å²) in [5.74, 6) is 0. The van der Waals surface area contributed by atoms with Crippen molar-refractivity contribution in [2.45, 2.75) is 19.0 Å². The van der Waals surface area contributed by atoms with Crippen LogP contribution < -0.4 is 5.32 Å². The van der Waals surface area contributed by atoms with Crippen LogP contribution in [0.15, 0.2) is 12.3 Å². The lowest BCUT2D eigenvalue weighted by atomic mass is 10.2. The van der Waals surface area contributed by atoms with E-state index in [0.29, 0.717) is 6.41 Å². The Hall–Kier alpha value is -1.00. The minimum absolute atomic E-state index is 0.0809. The van der Waals surface area contributed by atoms with E-state index in [1.165, 1.54) is 0 Å². The summed E-state index contributed by atoms with van der Waals surface area (Å²) < 4.78 is 34.5. The Balaban J connectivity index is 3.54. The maximum absolute atomic E-state index is 11.5. The quantitative estimate of drug-likeness (QED) is 0.633. The third-order valence-corrected chi connectivity index (χ3v) is 0.973. The van der Waals surface area contributed by atoms with Crippen molar-refractivity contribution in [3.8, 4) is 0 Å². The molecule has 64 valence electrons. The fraction of sp³-hybridized carbons (Fsp3) is 0.500. The summed E-state index contributed by atoms with van der Waals surface area (Å²) in [5, 5.41) is 2.04. The lowest BCUT2D eigenvalue weighted by molar-refractivity contribution is -0.134. The molecule has 0 spiro atoms. The van der Waals surface area contributed by atoms with Gasteiger partial charge in [0, 0.05) is 12.1 Å². The largest absolute Gasteiger partial charge is 0.389 e. The normalized spacial score (nSPS) is 10.8. The van der Waals surface area contributed by atoms with E-state index in [1.807, 2.05) is 5.32 Å². The number of amides is 1. The molecule has 0 bridgehead atoms. The van der Waals surface area contributed by atoms with Gasteiger partial charge in [-0.15, -0.1) is 0 Å². The van der Waals surface area contributed by atoms with E-state index in [-0.39, 0.29) is 12.1 Å². The average Bonchev–Trinajstić information content (AvgIpc) is 1.83. The van der Waals surface area contributed by atoms with Crippen molar-refractivity contribution in [3.63, 3.8) is 0 Å². The first-order chi connectivity index (χ1) is 4.95. The van der Waals surface area contributed by atoms with Gasteiger partial charge >= 0.3 is 6.18 Å². The fourth-order valence-electron chi connectivity index (χ4n) is 0.448. The summed E-state index contributed by atoms with van der Waals surface area (Å²) in [6, 6.07) is 0. The molecule has 0 radical (unpaired) electrons. The molecule has 2 nitrogen and oxygen atoms in total. The first-order valence-electron chi connectivity index (χ1n) is 2.90. The number of hydrogen-bond acceptors (Lipinski definition) is 1. The average molecular weight is 167 g/mol. The highest BCUT2D eigenvalue weighted by Gasteiger charge is 2.26. The van der Waals surface area contributed by atoms with E-state index in [1.54, 1.807) is 0 Å². The van der Waals surface area contributed by atoms with Crippen molar-refractivity contribution < 1.29 is 18.0 Å². The monoisotopic (exact) mass is 167 g/mol. The molecule has 0 aliphatic rings. The topological polar surface area (TPSA) is 29.1 Å². The van der Waals surface area contributed by atoms with Crippen LogP contribution in [-0.2, 0) is 4.79 Å². The molecule has 0 atom stereocenters. The fourth-order valence-corrected chi connectivity index (χ4v) is 0.448. The number of allylic oxidation sites excluding steroid dienone is 1. The molecule has 0 heterocycles. The maximum Gasteiger partial charge on any atom is 0.389 e. The summed E-state index contributed by atoms with van der Waals surface area (Å²) in [6.07, 6.45) is -5.10. The maximum atomic E-state index is 11.5. The summed E-state index contributed by atoms with van der Waals surface area (Å²) >= 11 is 0. The van der Waals surface area contributed by atoms with Crippen LogP contribution in [0.1, 0.15) is 12.8 Å². The second-order valence-corrected chi connectivity index (χ2v) is 1.98. The highest BCUT2D eigenvalue weighted by molar-refractivity contribution is 5.49. The predicted molar refractivity (Wildman–Crippen MR) is 33.6 cm³/mol. The highest BCUT2D eigenvalue weighted by atomic mass is 19.4. The number of carbonyl (C=O) groups is 1. The molecule has 0 fully saturated rings. The van der Waals surface area contributed by atoms with Crippen LogP contribution >= 0.6 is 0 Å². The Morgan fingerprint density at radius 2 is 2.09 bits per heavy atom. The molecule has 5 heteroatoms. The molecule has 1 N–H and O–H groups in total. The summed E-state index contributed by atoms with van der Waals surface area (Å²) in [5.41, 5.74) is 0.0809. The molecule has 11 heavy (non-hydrogen) atoms. The summed E-state index contributed by atoms with van der Waals surface area (Å²) in [7, 11) is 0. The van der Waals surface area contributed by atoms with Crippen LogP contribution in [0.2, 0.25) is 0 Å². The van der Waals surface area contributed by atoms with Crippen LogP contribution in [0.5, 0.6) is 0 Å². The van der Waals surface area contributed by atoms with Gasteiger partial charge in [-0.3, -0.25) is 4.79 Å². The minimum Gasteiger partial charge on any atom is -0.333 e. The highest BCUT2D eigenvalue weighted by Crippen LogP contribution is 2.22. The van der Waals surface area contributed by atoms with Gasteiger partial charge in [-0.2, -0.15) is 13.2 Å². The Labute approximate surface area is 62.1 Å². The van der Waals surface area contributed by atoms with Gasteiger partial charge in [0.2, 0.25) is 6.41 Å². The molecule has 0 aliphatic carbocycles. The molecule has 0 unspecified atom stereocenters. The first-order valence-corrected chi connectivity index (χ1v) is 2.90. The van der Waals surface area contributed by atoms with Crippen molar-refractivity contribution in [1.82, 2.24) is 5.32 Å². The number of halogens is 3. The number of carbonyl (C=O) groups excluding carboxylic acids is 1. The molecule has 0 aromatic heterocycles. The third kappa shape index (κ3) is 6.89. The second kappa shape index (κ2) is 4.00. The van der Waals surface area contributed by atoms with E-state index in [4.69, 9.17) is 0 Å². The third-order valence-electron chi connectivity index (χ3n) is 0.973. The van der Waals surface area contributed by atoms with Gasteiger partial charge in [-0.1, -0.05) is 6.58 Å². The van der Waals surface area contributed by atoms with Crippen molar-refractivity contribution in [2.24, 2.45) is 0 Å². The number of hydrogen-bond donors (Lipinski definition) is 1. The van der Waals surface area contributed by atoms with Crippen LogP contribution in [0, 0.1) is 0 Å². The van der Waals surface area contributed by atoms with E-state index in [2.05, 4.69) is 6.58 Å². The predicted octanol–water partition coefficient (Wildman–Crippen LogP) is 1.59. The lowest BCUT2D eigenvalue weighted by Crippen LogP contribution is -2.13. The van der Waals surface area contributed by atoms with E-state index < -0.39 is 12.6 Å². The minimum atomic E-state index is -4.19. The zero-order valence-corrected chi connectivity index (χ0v) is 5.74. The molecular weight excluding hydrogens is 159 g/mol. The molecule has 0 aliphatic heterocycles.